The summed E-state index contributed by atoms with van der Waals surface area (Å²) in [4.78, 5) is 15.9. The Balaban J connectivity index is 1.43. The molecule has 4 unspecified atom stereocenters. The first-order chi connectivity index (χ1) is 21.2. The monoisotopic (exact) mass is 599 g/mol. The van der Waals surface area contributed by atoms with Gasteiger partial charge in [-0.1, -0.05) is 60.7 Å². The van der Waals surface area contributed by atoms with Crippen molar-refractivity contribution in [2.24, 2.45) is 11.8 Å². The number of ether oxygens (including phenoxy) is 2. The van der Waals surface area contributed by atoms with Gasteiger partial charge in [0.2, 0.25) is 5.91 Å². The summed E-state index contributed by atoms with van der Waals surface area (Å²) in [6, 6.07) is 26.0. The largest absolute Gasteiger partial charge is 0.497 e. The number of hydrogen-bond donors (Lipinski definition) is 2. The second-order valence-electron chi connectivity index (χ2n) is 13.4. The van der Waals surface area contributed by atoms with Crippen molar-refractivity contribution in [3.8, 4) is 11.5 Å². The summed E-state index contributed by atoms with van der Waals surface area (Å²) < 4.78 is 12.4. The van der Waals surface area contributed by atoms with Crippen molar-refractivity contribution in [3.63, 3.8) is 0 Å². The van der Waals surface area contributed by atoms with E-state index in [1.165, 1.54) is 25.9 Å². The zero-order chi connectivity index (χ0) is 31.0. The molecule has 0 aromatic heterocycles. The SMILES string of the molecule is COc1ccc(OC)c(C2(O)C(O)CC(c3ccccc3)(c3ccccc3)C3CN(C(=O)CCC[N+]4(C)CCCC4)CC32)c1. The second kappa shape index (κ2) is 12.2. The van der Waals surface area contributed by atoms with Crippen LogP contribution in [-0.4, -0.2) is 85.6 Å². The van der Waals surface area contributed by atoms with Gasteiger partial charge >= 0.3 is 0 Å². The number of aliphatic hydroxyl groups is 2. The molecule has 2 N–H and O–H groups in total. The topological polar surface area (TPSA) is 79.2 Å². The van der Waals surface area contributed by atoms with E-state index in [9.17, 15) is 15.0 Å². The molecule has 4 atom stereocenters. The molecule has 0 radical (unpaired) electrons. The van der Waals surface area contributed by atoms with E-state index in [4.69, 9.17) is 9.47 Å². The minimum Gasteiger partial charge on any atom is -0.497 e. The first-order valence-electron chi connectivity index (χ1n) is 16.1. The van der Waals surface area contributed by atoms with Crippen molar-refractivity contribution in [1.29, 1.82) is 0 Å². The number of likely N-dealkylation sites (tertiary alicyclic amines) is 2. The van der Waals surface area contributed by atoms with Crippen LogP contribution in [0.15, 0.2) is 78.9 Å². The van der Waals surface area contributed by atoms with E-state index in [1.54, 1.807) is 32.4 Å². The maximum absolute atomic E-state index is 13.9. The van der Waals surface area contributed by atoms with Crippen molar-refractivity contribution in [2.75, 3.05) is 54.0 Å². The van der Waals surface area contributed by atoms with Crippen LogP contribution in [0.25, 0.3) is 0 Å². The molecule has 3 fully saturated rings. The number of nitrogens with zero attached hydrogens (tertiary/aromatic N) is 2. The summed E-state index contributed by atoms with van der Waals surface area (Å²) in [5, 5.41) is 25.1. The van der Waals surface area contributed by atoms with Crippen LogP contribution in [0.1, 0.15) is 48.8 Å². The van der Waals surface area contributed by atoms with Gasteiger partial charge < -0.3 is 29.1 Å². The van der Waals surface area contributed by atoms with Gasteiger partial charge in [-0.15, -0.1) is 0 Å². The lowest BCUT2D eigenvalue weighted by Crippen LogP contribution is -2.60. The van der Waals surface area contributed by atoms with Crippen molar-refractivity contribution < 1.29 is 29.0 Å². The van der Waals surface area contributed by atoms with Crippen molar-refractivity contribution >= 4 is 5.91 Å². The summed E-state index contributed by atoms with van der Waals surface area (Å²) in [5.41, 5.74) is 0.383. The van der Waals surface area contributed by atoms with Crippen LogP contribution in [-0.2, 0) is 15.8 Å². The third-order valence-corrected chi connectivity index (χ3v) is 11.0. The summed E-state index contributed by atoms with van der Waals surface area (Å²) in [6.07, 6.45) is 3.00. The van der Waals surface area contributed by atoms with Crippen LogP contribution < -0.4 is 9.47 Å². The molecule has 7 heteroatoms. The van der Waals surface area contributed by atoms with E-state index < -0.39 is 23.0 Å². The van der Waals surface area contributed by atoms with Gasteiger partial charge in [0.25, 0.3) is 0 Å². The Morgan fingerprint density at radius 3 is 2.11 bits per heavy atom. The first kappa shape index (κ1) is 30.6. The van der Waals surface area contributed by atoms with Crippen molar-refractivity contribution in [3.05, 3.63) is 95.6 Å². The smallest absolute Gasteiger partial charge is 0.222 e. The van der Waals surface area contributed by atoms with E-state index in [2.05, 4.69) is 31.3 Å². The number of fused-ring (bicyclic) bond motifs is 1. The number of rotatable bonds is 9. The maximum Gasteiger partial charge on any atom is 0.222 e. The predicted molar refractivity (Wildman–Crippen MR) is 171 cm³/mol. The van der Waals surface area contributed by atoms with Crippen molar-refractivity contribution in [1.82, 2.24) is 4.90 Å². The Morgan fingerprint density at radius 2 is 1.52 bits per heavy atom. The lowest BCUT2D eigenvalue weighted by atomic mass is 9.51. The third-order valence-electron chi connectivity index (χ3n) is 11.0. The standard InChI is InChI=1S/C37H47N2O5/c1-39(20-10-11-21-39)22-12-17-35(41)38-25-31-32(26-38)37(42,30-23-29(43-2)18-19-33(30)44-3)34(40)24-36(31,27-13-6-4-7-14-27)28-15-8-5-9-16-28/h4-9,13-16,18-19,23,31-32,34,40,42H,10-12,17,20-22,24-26H2,1-3H3/q+1. The fraction of sp³-hybridized carbons (Fsp3) is 0.486. The molecule has 44 heavy (non-hydrogen) atoms. The highest BCUT2D eigenvalue weighted by Gasteiger charge is 2.65. The molecule has 1 amide bonds. The fourth-order valence-electron chi connectivity index (χ4n) is 8.71. The molecule has 3 aromatic rings. The van der Waals surface area contributed by atoms with Crippen LogP contribution in [0.3, 0.4) is 0 Å². The van der Waals surface area contributed by atoms with Crippen LogP contribution in [0.2, 0.25) is 0 Å². The molecule has 6 rings (SSSR count). The van der Waals surface area contributed by atoms with Gasteiger partial charge in [0.1, 0.15) is 17.1 Å². The number of hydrogen-bond acceptors (Lipinski definition) is 5. The quantitative estimate of drug-likeness (QED) is 0.348. The number of carbonyl (C=O) groups is 1. The van der Waals surface area contributed by atoms with Gasteiger partial charge in [0, 0.05) is 55.7 Å². The molecule has 2 saturated heterocycles. The Bertz CT molecular complexity index is 1400. The van der Waals surface area contributed by atoms with Gasteiger partial charge in [0.05, 0.1) is 47.0 Å². The molecule has 3 aliphatic rings. The van der Waals surface area contributed by atoms with Crippen LogP contribution in [0, 0.1) is 11.8 Å². The highest BCUT2D eigenvalue weighted by atomic mass is 16.5. The summed E-state index contributed by atoms with van der Waals surface area (Å²) in [6.45, 7) is 4.23. The number of methoxy groups -OCH3 is 2. The molecular weight excluding hydrogens is 552 g/mol. The number of carbonyl (C=O) groups excluding carboxylic acids is 1. The van der Waals surface area contributed by atoms with Gasteiger partial charge in [-0.3, -0.25) is 4.79 Å². The molecule has 1 saturated carbocycles. The van der Waals surface area contributed by atoms with E-state index in [0.29, 0.717) is 36.6 Å². The Hall–Kier alpha value is -3.39. The molecule has 2 heterocycles. The number of quaternary nitrogens is 1. The summed E-state index contributed by atoms with van der Waals surface area (Å²) in [5.74, 6) is 0.564. The third kappa shape index (κ3) is 5.19. The molecular formula is C37H47N2O5+. The molecule has 2 aliphatic heterocycles. The Kier molecular flexibility index (Phi) is 8.48. The molecule has 0 spiro atoms. The van der Waals surface area contributed by atoms with Gasteiger partial charge in [-0.05, 0) is 41.7 Å². The highest BCUT2D eigenvalue weighted by molar-refractivity contribution is 5.76. The number of amides is 1. The lowest BCUT2D eigenvalue weighted by Gasteiger charge is -2.55. The normalized spacial score (nSPS) is 27.1. The predicted octanol–water partition coefficient (Wildman–Crippen LogP) is 4.74. The van der Waals surface area contributed by atoms with Crippen LogP contribution in [0.4, 0.5) is 0 Å². The van der Waals surface area contributed by atoms with E-state index >= 15 is 0 Å². The summed E-state index contributed by atoms with van der Waals surface area (Å²) in [7, 11) is 5.47. The fourth-order valence-corrected chi connectivity index (χ4v) is 8.71. The lowest BCUT2D eigenvalue weighted by molar-refractivity contribution is -0.897. The number of aliphatic hydroxyl groups excluding tert-OH is 1. The maximum atomic E-state index is 13.9. The average molecular weight is 600 g/mol. The van der Waals surface area contributed by atoms with E-state index in [-0.39, 0.29) is 18.2 Å². The Morgan fingerprint density at radius 1 is 0.909 bits per heavy atom. The van der Waals surface area contributed by atoms with Gasteiger partial charge in [0.15, 0.2) is 0 Å². The van der Waals surface area contributed by atoms with Gasteiger partial charge in [-0.25, -0.2) is 0 Å². The average Bonchev–Trinajstić information content (AvgIpc) is 3.71. The molecule has 0 bridgehead atoms. The van der Waals surface area contributed by atoms with E-state index in [0.717, 1.165) is 28.6 Å². The van der Waals surface area contributed by atoms with Crippen molar-refractivity contribution in [2.45, 2.75) is 49.2 Å². The Labute approximate surface area is 261 Å². The zero-order valence-electron chi connectivity index (χ0n) is 26.3. The highest BCUT2D eigenvalue weighted by Crippen LogP contribution is 2.60. The minimum atomic E-state index is -1.67. The second-order valence-corrected chi connectivity index (χ2v) is 13.4. The zero-order valence-corrected chi connectivity index (χ0v) is 26.3. The van der Waals surface area contributed by atoms with Gasteiger partial charge in [-0.2, -0.15) is 0 Å². The van der Waals surface area contributed by atoms with E-state index in [1.807, 2.05) is 41.3 Å². The van der Waals surface area contributed by atoms with Crippen LogP contribution in [0.5, 0.6) is 11.5 Å². The molecule has 3 aromatic carbocycles. The molecule has 234 valence electrons. The summed E-state index contributed by atoms with van der Waals surface area (Å²) >= 11 is 0. The first-order valence-corrected chi connectivity index (χ1v) is 16.1. The molecule has 7 nitrogen and oxygen atoms in total. The van der Waals surface area contributed by atoms with Crippen LogP contribution >= 0.6 is 0 Å². The molecule has 1 aliphatic carbocycles. The number of benzene rings is 3. The minimum absolute atomic E-state index is 0.120.